The highest BCUT2D eigenvalue weighted by molar-refractivity contribution is 5.96. The van der Waals surface area contributed by atoms with Crippen LogP contribution in [0.4, 0.5) is 0 Å². The van der Waals surface area contributed by atoms with Gasteiger partial charge in [-0.15, -0.1) is 0 Å². The first-order valence-corrected chi connectivity index (χ1v) is 23.5. The number of aromatic nitrogens is 3. The number of fused-ring (bicyclic) bond motifs is 1. The summed E-state index contributed by atoms with van der Waals surface area (Å²) in [7, 11) is 1.72. The SMILES string of the molecule is CC(C)C[C@H](NC(=O)C[C@@H](O)[C@@H](CC(C)C)NC(=O)[C@H](Cc1cn(C)cn1)NC(=O)CNC(=O)[C@@H](NC(=O)[C@H](C)NC(=O)[C@H](Cc1c[nH]c2ccccc12)NC(=O)[C@@H](N)CCC(N)=O)C(C)C)C(N)=O. The molecule has 0 aliphatic carbocycles. The second-order valence-corrected chi connectivity index (χ2v) is 18.9. The minimum Gasteiger partial charge on any atom is -0.390 e. The number of nitrogens with zero attached hydrogens (tertiary/aromatic N) is 2. The van der Waals surface area contributed by atoms with E-state index < -0.39 is 120 Å². The van der Waals surface area contributed by atoms with Gasteiger partial charge in [0.15, 0.2) is 0 Å². The third-order valence-corrected chi connectivity index (χ3v) is 11.3. The molecule has 0 fully saturated rings. The van der Waals surface area contributed by atoms with Crippen LogP contribution in [0.15, 0.2) is 43.0 Å². The van der Waals surface area contributed by atoms with Crippen LogP contribution in [0, 0.1) is 17.8 Å². The summed E-state index contributed by atoms with van der Waals surface area (Å²) in [4.78, 5) is 125. The molecule has 3 aromatic rings. The number of hydrogen-bond donors (Lipinski definition) is 12. The number of nitrogens with one attached hydrogen (secondary N) is 8. The Bertz CT molecular complexity index is 2290. The number of aromatic amines is 1. The minimum atomic E-state index is -1.39. The lowest BCUT2D eigenvalue weighted by atomic mass is 9.96. The number of hydrogen-bond acceptors (Lipinski definition) is 12. The van der Waals surface area contributed by atoms with E-state index in [0.717, 1.165) is 10.9 Å². The van der Waals surface area contributed by atoms with E-state index in [1.807, 2.05) is 52.0 Å². The number of amides is 9. The Hall–Kier alpha value is -6.88. The van der Waals surface area contributed by atoms with Crippen LogP contribution in [0.25, 0.3) is 10.9 Å². The number of aliphatic hydroxyl groups excluding tert-OH is 1. The molecule has 1 aromatic carbocycles. The van der Waals surface area contributed by atoms with E-state index in [1.165, 1.54) is 13.3 Å². The van der Waals surface area contributed by atoms with Crippen LogP contribution in [0.3, 0.4) is 0 Å². The van der Waals surface area contributed by atoms with E-state index in [4.69, 9.17) is 17.2 Å². The zero-order chi connectivity index (χ0) is 52.4. The third kappa shape index (κ3) is 18.9. The van der Waals surface area contributed by atoms with Crippen LogP contribution < -0.4 is 54.4 Å². The molecule has 15 N–H and O–H groups in total. The van der Waals surface area contributed by atoms with Crippen molar-refractivity contribution in [2.75, 3.05) is 6.54 Å². The molecule has 2 heterocycles. The number of carbonyl (C=O) groups is 9. The zero-order valence-corrected chi connectivity index (χ0v) is 41.3. The van der Waals surface area contributed by atoms with Crippen molar-refractivity contribution in [3.8, 4) is 0 Å². The summed E-state index contributed by atoms with van der Waals surface area (Å²) in [6.07, 6.45) is 3.25. The molecule has 0 saturated heterocycles. The van der Waals surface area contributed by atoms with Crippen molar-refractivity contribution >= 4 is 64.1 Å². The summed E-state index contributed by atoms with van der Waals surface area (Å²) in [6, 6.07) is -0.640. The molecule has 70 heavy (non-hydrogen) atoms. The van der Waals surface area contributed by atoms with Crippen LogP contribution >= 0.6 is 0 Å². The highest BCUT2D eigenvalue weighted by Crippen LogP contribution is 2.20. The molecule has 0 saturated carbocycles. The van der Waals surface area contributed by atoms with Gasteiger partial charge in [0.05, 0.1) is 43.2 Å². The fourth-order valence-electron chi connectivity index (χ4n) is 7.55. The second-order valence-electron chi connectivity index (χ2n) is 18.9. The highest BCUT2D eigenvalue weighted by atomic mass is 16.3. The number of carbonyl (C=O) groups excluding carboxylic acids is 9. The van der Waals surface area contributed by atoms with Gasteiger partial charge in [-0.05, 0) is 55.6 Å². The monoisotopic (exact) mass is 980 g/mol. The number of benzene rings is 1. The van der Waals surface area contributed by atoms with E-state index in [2.05, 4.69) is 47.2 Å². The normalized spacial score (nSPS) is 14.9. The maximum Gasteiger partial charge on any atom is 0.243 e. The smallest absolute Gasteiger partial charge is 0.243 e. The molecule has 2 aromatic heterocycles. The lowest BCUT2D eigenvalue weighted by Gasteiger charge is -2.28. The fourth-order valence-corrected chi connectivity index (χ4v) is 7.55. The topological polar surface area (TPSA) is 370 Å². The number of imidazole rings is 1. The van der Waals surface area contributed by atoms with Crippen molar-refractivity contribution in [3.63, 3.8) is 0 Å². The Balaban J connectivity index is 1.70. The number of nitrogens with two attached hydrogens (primary N) is 3. The van der Waals surface area contributed by atoms with Crippen LogP contribution in [0.1, 0.15) is 91.8 Å². The van der Waals surface area contributed by atoms with Gasteiger partial charge in [-0.1, -0.05) is 59.7 Å². The van der Waals surface area contributed by atoms with Gasteiger partial charge < -0.3 is 69.1 Å². The molecule has 8 atom stereocenters. The van der Waals surface area contributed by atoms with Crippen LogP contribution in [0.5, 0.6) is 0 Å². The molecule has 0 aliphatic heterocycles. The molecule has 0 spiro atoms. The summed E-state index contributed by atoms with van der Waals surface area (Å²) in [5.41, 5.74) is 18.6. The van der Waals surface area contributed by atoms with Gasteiger partial charge in [-0.25, -0.2) is 4.98 Å². The van der Waals surface area contributed by atoms with Gasteiger partial charge in [-0.3, -0.25) is 43.2 Å². The summed E-state index contributed by atoms with van der Waals surface area (Å²) in [5.74, 6) is -6.97. The number of aliphatic hydroxyl groups is 1. The average molecular weight is 980 g/mol. The second kappa shape index (κ2) is 27.3. The average Bonchev–Trinajstić information content (AvgIpc) is 3.89. The summed E-state index contributed by atoms with van der Waals surface area (Å²) < 4.78 is 1.65. The Kier molecular flexibility index (Phi) is 22.4. The van der Waals surface area contributed by atoms with E-state index in [9.17, 15) is 48.3 Å². The van der Waals surface area contributed by atoms with Crippen molar-refractivity contribution in [1.29, 1.82) is 0 Å². The molecule has 23 heteroatoms. The summed E-state index contributed by atoms with van der Waals surface area (Å²) in [5, 5.41) is 30.3. The van der Waals surface area contributed by atoms with Gasteiger partial charge in [0.25, 0.3) is 0 Å². The molecule has 0 radical (unpaired) electrons. The Morgan fingerprint density at radius 2 is 1.36 bits per heavy atom. The van der Waals surface area contributed by atoms with Gasteiger partial charge in [0.2, 0.25) is 53.2 Å². The summed E-state index contributed by atoms with van der Waals surface area (Å²) >= 11 is 0. The van der Waals surface area contributed by atoms with Crippen molar-refractivity contribution in [2.24, 2.45) is 42.0 Å². The predicted molar refractivity (Wildman–Crippen MR) is 259 cm³/mol. The lowest BCUT2D eigenvalue weighted by Crippen LogP contribution is -2.59. The van der Waals surface area contributed by atoms with E-state index in [0.29, 0.717) is 17.7 Å². The fraction of sp³-hybridized carbons (Fsp3) is 0.574. The first kappa shape index (κ1) is 57.4. The molecule has 0 aliphatic rings. The molecule has 9 amide bonds. The number of rotatable bonds is 29. The van der Waals surface area contributed by atoms with Gasteiger partial charge in [0.1, 0.15) is 30.2 Å². The Labute approximate surface area is 407 Å². The lowest BCUT2D eigenvalue weighted by molar-refractivity contribution is -0.134. The molecule has 3 rings (SSSR count). The predicted octanol–water partition coefficient (Wildman–Crippen LogP) is -1.69. The van der Waals surface area contributed by atoms with E-state index >= 15 is 0 Å². The number of primary amides is 2. The van der Waals surface area contributed by atoms with Crippen molar-refractivity contribution in [3.05, 3.63) is 54.2 Å². The van der Waals surface area contributed by atoms with Crippen LogP contribution in [0.2, 0.25) is 0 Å². The molecular formula is C47H73N13O10. The van der Waals surface area contributed by atoms with Crippen molar-refractivity contribution in [1.82, 2.24) is 51.8 Å². The van der Waals surface area contributed by atoms with Crippen LogP contribution in [-0.2, 0) is 63.0 Å². The minimum absolute atomic E-state index is 0.000156. The first-order valence-electron chi connectivity index (χ1n) is 23.5. The maximum atomic E-state index is 13.9. The van der Waals surface area contributed by atoms with Crippen LogP contribution in [-0.4, -0.2) is 128 Å². The highest BCUT2D eigenvalue weighted by Gasteiger charge is 2.33. The quantitative estimate of drug-likeness (QED) is 0.0371. The first-order chi connectivity index (χ1) is 32.8. The maximum absolute atomic E-state index is 13.9. The van der Waals surface area contributed by atoms with Gasteiger partial charge in [-0.2, -0.15) is 0 Å². The molecule has 0 unspecified atom stereocenters. The number of H-pyrrole nitrogens is 1. The number of aryl methyl sites for hydroxylation is 1. The summed E-state index contributed by atoms with van der Waals surface area (Å²) in [6.45, 7) is 11.5. The van der Waals surface area contributed by atoms with E-state index in [-0.39, 0.29) is 43.9 Å². The molecular weight excluding hydrogens is 907 g/mol. The number of para-hydroxylation sites is 1. The van der Waals surface area contributed by atoms with E-state index in [1.54, 1.807) is 37.9 Å². The largest absolute Gasteiger partial charge is 0.390 e. The van der Waals surface area contributed by atoms with Crippen molar-refractivity contribution < 1.29 is 48.3 Å². The molecule has 23 nitrogen and oxygen atoms in total. The van der Waals surface area contributed by atoms with Crippen molar-refractivity contribution in [2.45, 2.75) is 142 Å². The Morgan fingerprint density at radius 3 is 1.96 bits per heavy atom. The third-order valence-electron chi connectivity index (χ3n) is 11.3. The zero-order valence-electron chi connectivity index (χ0n) is 41.3. The van der Waals surface area contributed by atoms with Gasteiger partial charge in [0, 0.05) is 49.6 Å². The molecule has 386 valence electrons. The Morgan fingerprint density at radius 1 is 0.729 bits per heavy atom. The standard InChI is InChI=1S/C47H73N13O10/c1-24(2)15-33(37(61)19-39(63)55-34(42(50)65)16-25(3)4)57-46(69)36(18-29-22-60(8)23-53-29)56-40(64)21-52-47(70)41(26(5)6)59-43(66)27(7)54-45(68)35(58-44(67)31(48)13-14-38(49)62)17-28-20-51-32-12-10-9-11-30(28)32/h9-12,20,22-27,31,33-37,41,51,61H,13-19,21,48H2,1-8H3,(H2,49,62)(H2,50,65)(H,52,70)(H,54,68)(H,55,63)(H,56,64)(H,57,69)(H,58,67)(H,59,66)/t27-,31-,33+,34-,35-,36-,37+,41-/m0/s1. The molecule has 0 bridgehead atoms. The van der Waals surface area contributed by atoms with Gasteiger partial charge >= 0.3 is 0 Å².